The van der Waals surface area contributed by atoms with E-state index in [1.165, 1.54) is 18.1 Å². The Labute approximate surface area is 130 Å². The second kappa shape index (κ2) is 5.74. The first-order chi connectivity index (χ1) is 9.74. The van der Waals surface area contributed by atoms with Crippen molar-refractivity contribution in [1.29, 1.82) is 0 Å². The van der Waals surface area contributed by atoms with Crippen molar-refractivity contribution >= 4 is 43.5 Å². The Bertz CT molecular complexity index is 704. The maximum Gasteiger partial charge on any atom is 0.339 e. The fraction of sp³-hybridized carbons (Fsp3) is 0.333. The predicted octanol–water partition coefficient (Wildman–Crippen LogP) is 0.630. The fourth-order valence-corrected chi connectivity index (χ4v) is 3.35. The molecule has 1 saturated heterocycles. The second-order valence-corrected chi connectivity index (χ2v) is 7.27. The quantitative estimate of drug-likeness (QED) is 0.778. The van der Waals surface area contributed by atoms with Gasteiger partial charge in [0.05, 0.1) is 12.7 Å². The second-order valence-electron chi connectivity index (χ2n) is 4.58. The van der Waals surface area contributed by atoms with Gasteiger partial charge in [-0.15, -0.1) is 0 Å². The molecule has 0 aromatic heterocycles. The molecule has 0 spiro atoms. The van der Waals surface area contributed by atoms with Crippen LogP contribution >= 0.6 is 15.9 Å². The van der Waals surface area contributed by atoms with Gasteiger partial charge in [0, 0.05) is 23.1 Å². The average molecular weight is 377 g/mol. The minimum atomic E-state index is -3.76. The summed E-state index contributed by atoms with van der Waals surface area (Å²) in [5.41, 5.74) is 0.807. The van der Waals surface area contributed by atoms with Crippen LogP contribution in [0.15, 0.2) is 22.7 Å². The Morgan fingerprint density at radius 2 is 2.14 bits per heavy atom. The van der Waals surface area contributed by atoms with Gasteiger partial charge in [-0.25, -0.2) is 18.4 Å². The number of esters is 1. The van der Waals surface area contributed by atoms with E-state index in [9.17, 15) is 18.0 Å². The third-order valence-electron chi connectivity index (χ3n) is 3.22. The minimum Gasteiger partial charge on any atom is -0.465 e. The van der Waals surface area contributed by atoms with Gasteiger partial charge in [0.25, 0.3) is 0 Å². The molecule has 9 heteroatoms. The third kappa shape index (κ3) is 3.25. The van der Waals surface area contributed by atoms with Crippen LogP contribution in [0.2, 0.25) is 0 Å². The lowest BCUT2D eigenvalue weighted by atomic mass is 10.2. The Morgan fingerprint density at radius 3 is 2.62 bits per heavy atom. The molecular formula is C12H13BrN2O5S. The van der Waals surface area contributed by atoms with Gasteiger partial charge in [-0.1, -0.05) is 0 Å². The molecule has 0 saturated carbocycles. The average Bonchev–Trinajstić information content (AvgIpc) is 2.80. The molecular weight excluding hydrogens is 364 g/mol. The molecule has 1 fully saturated rings. The van der Waals surface area contributed by atoms with Gasteiger partial charge in [0.1, 0.15) is 5.25 Å². The van der Waals surface area contributed by atoms with Crippen LogP contribution in [-0.4, -0.2) is 39.2 Å². The van der Waals surface area contributed by atoms with Crippen LogP contribution in [0.3, 0.4) is 0 Å². The Morgan fingerprint density at radius 1 is 1.48 bits per heavy atom. The molecule has 114 valence electrons. The first-order valence-corrected chi connectivity index (χ1v) is 8.34. The first kappa shape index (κ1) is 15.9. The molecule has 1 aliphatic heterocycles. The van der Waals surface area contributed by atoms with Gasteiger partial charge in [-0.3, -0.25) is 4.79 Å². The van der Waals surface area contributed by atoms with Gasteiger partial charge >= 0.3 is 5.97 Å². The van der Waals surface area contributed by atoms with Crippen molar-refractivity contribution < 1.29 is 22.7 Å². The highest BCUT2D eigenvalue weighted by Crippen LogP contribution is 2.29. The predicted molar refractivity (Wildman–Crippen MR) is 79.3 cm³/mol. The molecule has 1 unspecified atom stereocenters. The Balaban J connectivity index is 2.30. The standard InChI is InChI=1S/C12H13BrN2O5S/c1-20-12(17)9-3-2-7(4-10(9)13)15-6-8(5-11(15)16)21(14,18)19/h2-4,8H,5-6H2,1H3,(H2,14,18,19). The van der Waals surface area contributed by atoms with Crippen LogP contribution in [0.25, 0.3) is 0 Å². The molecule has 0 bridgehead atoms. The van der Waals surface area contributed by atoms with Crippen LogP contribution < -0.4 is 10.0 Å². The number of methoxy groups -OCH3 is 1. The highest BCUT2D eigenvalue weighted by atomic mass is 79.9. The molecule has 2 N–H and O–H groups in total. The zero-order valence-corrected chi connectivity index (χ0v) is 13.5. The lowest BCUT2D eigenvalue weighted by Gasteiger charge is -2.17. The van der Waals surface area contributed by atoms with Crippen molar-refractivity contribution in [3.8, 4) is 0 Å². The minimum absolute atomic E-state index is 0.00166. The van der Waals surface area contributed by atoms with Crippen molar-refractivity contribution in [3.05, 3.63) is 28.2 Å². The number of nitrogens with zero attached hydrogens (tertiary/aromatic N) is 1. The number of primary sulfonamides is 1. The fourth-order valence-electron chi connectivity index (χ4n) is 2.09. The number of sulfonamides is 1. The maximum absolute atomic E-state index is 11.9. The zero-order chi connectivity index (χ0) is 15.8. The van der Waals surface area contributed by atoms with Crippen molar-refractivity contribution in [2.45, 2.75) is 11.7 Å². The van der Waals surface area contributed by atoms with E-state index in [2.05, 4.69) is 20.7 Å². The topological polar surface area (TPSA) is 107 Å². The van der Waals surface area contributed by atoms with E-state index in [4.69, 9.17) is 5.14 Å². The number of hydrogen-bond acceptors (Lipinski definition) is 5. The summed E-state index contributed by atoms with van der Waals surface area (Å²) < 4.78 is 27.7. The van der Waals surface area contributed by atoms with Gasteiger partial charge in [-0.2, -0.15) is 0 Å². The summed E-state index contributed by atoms with van der Waals surface area (Å²) in [5.74, 6) is -0.838. The number of ether oxygens (including phenoxy) is 1. The van der Waals surface area contributed by atoms with Crippen LogP contribution in [0, 0.1) is 0 Å². The Hall–Kier alpha value is -1.45. The molecule has 21 heavy (non-hydrogen) atoms. The smallest absolute Gasteiger partial charge is 0.339 e. The molecule has 1 heterocycles. The molecule has 2 rings (SSSR count). The van der Waals surface area contributed by atoms with E-state index in [-0.39, 0.29) is 18.9 Å². The van der Waals surface area contributed by atoms with Crippen LogP contribution in [-0.2, 0) is 19.6 Å². The lowest BCUT2D eigenvalue weighted by molar-refractivity contribution is -0.117. The van der Waals surface area contributed by atoms with Crippen LogP contribution in [0.4, 0.5) is 5.69 Å². The summed E-state index contributed by atoms with van der Waals surface area (Å²) in [6.07, 6.45) is -0.144. The van der Waals surface area contributed by atoms with Crippen LogP contribution in [0.5, 0.6) is 0 Å². The van der Waals surface area contributed by atoms with Crippen molar-refractivity contribution in [2.24, 2.45) is 5.14 Å². The van der Waals surface area contributed by atoms with Crippen molar-refractivity contribution in [3.63, 3.8) is 0 Å². The summed E-state index contributed by atoms with van der Waals surface area (Å²) in [6.45, 7) is 0.00166. The van der Waals surface area contributed by atoms with Gasteiger partial charge in [0.2, 0.25) is 15.9 Å². The SMILES string of the molecule is COC(=O)c1ccc(N2CC(S(N)(=O)=O)CC2=O)cc1Br. The third-order valence-corrected chi connectivity index (χ3v) is 5.12. The number of hydrogen-bond donors (Lipinski definition) is 1. The molecule has 0 radical (unpaired) electrons. The van der Waals surface area contributed by atoms with Gasteiger partial charge in [0.15, 0.2) is 0 Å². The lowest BCUT2D eigenvalue weighted by Crippen LogP contribution is -2.32. The number of anilines is 1. The molecule has 1 atom stereocenters. The maximum atomic E-state index is 11.9. The Kier molecular flexibility index (Phi) is 4.35. The summed E-state index contributed by atoms with van der Waals surface area (Å²) in [4.78, 5) is 24.7. The van der Waals surface area contributed by atoms with E-state index in [0.29, 0.717) is 15.7 Å². The highest BCUT2D eigenvalue weighted by molar-refractivity contribution is 9.10. The van der Waals surface area contributed by atoms with E-state index < -0.39 is 21.2 Å². The van der Waals surface area contributed by atoms with Gasteiger partial charge in [-0.05, 0) is 34.1 Å². The van der Waals surface area contributed by atoms with E-state index in [0.717, 1.165) is 0 Å². The number of rotatable bonds is 3. The van der Waals surface area contributed by atoms with E-state index in [1.807, 2.05) is 0 Å². The zero-order valence-electron chi connectivity index (χ0n) is 11.1. The number of halogens is 1. The number of nitrogens with two attached hydrogens (primary N) is 1. The largest absolute Gasteiger partial charge is 0.465 e. The molecule has 7 nitrogen and oxygen atoms in total. The van der Waals surface area contributed by atoms with Crippen molar-refractivity contribution in [2.75, 3.05) is 18.6 Å². The molecule has 1 aromatic carbocycles. The molecule has 1 aliphatic rings. The molecule has 1 amide bonds. The van der Waals surface area contributed by atoms with Crippen LogP contribution in [0.1, 0.15) is 16.8 Å². The number of amides is 1. The van der Waals surface area contributed by atoms with E-state index >= 15 is 0 Å². The normalized spacial score (nSPS) is 18.9. The number of carbonyl (C=O) groups is 2. The summed E-state index contributed by atoms with van der Waals surface area (Å²) in [5, 5.41) is 4.17. The summed E-state index contributed by atoms with van der Waals surface area (Å²) in [7, 11) is -2.49. The van der Waals surface area contributed by atoms with Gasteiger partial charge < -0.3 is 9.64 Å². The monoisotopic (exact) mass is 376 g/mol. The van der Waals surface area contributed by atoms with Crippen molar-refractivity contribution in [1.82, 2.24) is 0 Å². The number of benzene rings is 1. The highest BCUT2D eigenvalue weighted by Gasteiger charge is 2.37. The molecule has 1 aromatic rings. The number of carbonyl (C=O) groups excluding carboxylic acids is 2. The first-order valence-electron chi connectivity index (χ1n) is 5.94. The molecule has 0 aliphatic carbocycles. The van der Waals surface area contributed by atoms with E-state index in [1.54, 1.807) is 12.1 Å². The summed E-state index contributed by atoms with van der Waals surface area (Å²) >= 11 is 3.23. The summed E-state index contributed by atoms with van der Waals surface area (Å²) in [6, 6.07) is 4.62.